The number of aryl methyl sites for hydroxylation is 1. The first-order valence-electron chi connectivity index (χ1n) is 7.76. The molecule has 1 aromatic rings. The van der Waals surface area contributed by atoms with Gasteiger partial charge in [-0.25, -0.2) is 0 Å². The summed E-state index contributed by atoms with van der Waals surface area (Å²) in [5.74, 6) is 1.01. The Kier molecular flexibility index (Phi) is 5.81. The van der Waals surface area contributed by atoms with Crippen LogP contribution in [0.25, 0.3) is 0 Å². The Bertz CT molecular complexity index is 522. The average Bonchev–Trinajstić information content (AvgIpc) is 2.53. The summed E-state index contributed by atoms with van der Waals surface area (Å²) in [5, 5.41) is 2.92. The normalized spacial score (nSPS) is 15.5. The van der Waals surface area contributed by atoms with E-state index in [1.165, 1.54) is 6.92 Å². The molecule has 5 nitrogen and oxygen atoms in total. The second-order valence-corrected chi connectivity index (χ2v) is 5.71. The molecule has 0 atom stereocenters. The highest BCUT2D eigenvalue weighted by atomic mass is 16.5. The lowest BCUT2D eigenvalue weighted by molar-refractivity contribution is -0.132. The van der Waals surface area contributed by atoms with Crippen molar-refractivity contribution in [3.05, 3.63) is 29.8 Å². The Morgan fingerprint density at radius 2 is 2.05 bits per heavy atom. The Hall–Kier alpha value is -2.04. The maximum absolute atomic E-state index is 12.3. The smallest absolute Gasteiger partial charge is 0.222 e. The van der Waals surface area contributed by atoms with Crippen molar-refractivity contribution in [3.8, 4) is 5.75 Å². The Balaban J connectivity index is 1.77. The predicted molar refractivity (Wildman–Crippen MR) is 84.7 cm³/mol. The van der Waals surface area contributed by atoms with Crippen molar-refractivity contribution in [1.29, 1.82) is 0 Å². The van der Waals surface area contributed by atoms with Gasteiger partial charge in [0.05, 0.1) is 7.11 Å². The molecule has 5 heteroatoms. The monoisotopic (exact) mass is 304 g/mol. The lowest BCUT2D eigenvalue weighted by atomic mass is 10.0. The topological polar surface area (TPSA) is 58.6 Å². The standard InChI is InChI=1S/C17H24N2O3/c1-13(20)18-15-8-10-19(11-9-15)17(21)7-6-14-4-3-5-16(12-14)22-2/h3-5,12,15H,6-11H2,1-2H3,(H,18,20). The average molecular weight is 304 g/mol. The molecular formula is C17H24N2O3. The molecule has 0 aromatic heterocycles. The molecule has 0 radical (unpaired) electrons. The molecule has 1 heterocycles. The summed E-state index contributed by atoms with van der Waals surface area (Å²) < 4.78 is 5.19. The van der Waals surface area contributed by atoms with E-state index in [2.05, 4.69) is 5.32 Å². The molecule has 0 bridgehead atoms. The van der Waals surface area contributed by atoms with Crippen LogP contribution in [0.2, 0.25) is 0 Å². The van der Waals surface area contributed by atoms with Crippen LogP contribution < -0.4 is 10.1 Å². The van der Waals surface area contributed by atoms with E-state index in [1.54, 1.807) is 7.11 Å². The van der Waals surface area contributed by atoms with Gasteiger partial charge < -0.3 is 15.0 Å². The fraction of sp³-hybridized carbons (Fsp3) is 0.529. The highest BCUT2D eigenvalue weighted by molar-refractivity contribution is 5.76. The number of ether oxygens (including phenoxy) is 1. The van der Waals surface area contributed by atoms with Crippen molar-refractivity contribution in [2.75, 3.05) is 20.2 Å². The SMILES string of the molecule is COc1cccc(CCC(=O)N2CCC(NC(C)=O)CC2)c1. The van der Waals surface area contributed by atoms with E-state index in [1.807, 2.05) is 29.2 Å². The third-order valence-corrected chi connectivity index (χ3v) is 4.02. The van der Waals surface area contributed by atoms with Crippen molar-refractivity contribution in [3.63, 3.8) is 0 Å². The van der Waals surface area contributed by atoms with Crippen molar-refractivity contribution in [2.24, 2.45) is 0 Å². The van der Waals surface area contributed by atoms with Crippen molar-refractivity contribution < 1.29 is 14.3 Å². The molecule has 1 aromatic carbocycles. The molecule has 1 aliphatic rings. The first-order chi connectivity index (χ1) is 10.6. The Labute approximate surface area is 131 Å². The minimum atomic E-state index is 0.00259. The zero-order chi connectivity index (χ0) is 15.9. The van der Waals surface area contributed by atoms with E-state index in [0.29, 0.717) is 6.42 Å². The van der Waals surface area contributed by atoms with Crippen LogP contribution in [0, 0.1) is 0 Å². The number of nitrogens with one attached hydrogen (secondary N) is 1. The van der Waals surface area contributed by atoms with E-state index >= 15 is 0 Å². The summed E-state index contributed by atoms with van der Waals surface area (Å²) in [6.07, 6.45) is 2.91. The molecule has 0 spiro atoms. The van der Waals surface area contributed by atoms with E-state index in [0.717, 1.165) is 43.7 Å². The van der Waals surface area contributed by atoms with E-state index < -0.39 is 0 Å². The Morgan fingerprint density at radius 3 is 2.68 bits per heavy atom. The lowest BCUT2D eigenvalue weighted by Crippen LogP contribution is -2.46. The van der Waals surface area contributed by atoms with Crippen LogP contribution in [0.4, 0.5) is 0 Å². The minimum absolute atomic E-state index is 0.00259. The van der Waals surface area contributed by atoms with Crippen LogP contribution in [-0.2, 0) is 16.0 Å². The maximum atomic E-state index is 12.3. The van der Waals surface area contributed by atoms with Gasteiger partial charge in [-0.2, -0.15) is 0 Å². The molecule has 1 saturated heterocycles. The van der Waals surface area contributed by atoms with E-state index in [-0.39, 0.29) is 17.9 Å². The number of piperidine rings is 1. The maximum Gasteiger partial charge on any atom is 0.222 e. The first kappa shape index (κ1) is 16.3. The summed E-state index contributed by atoms with van der Waals surface area (Å²) in [7, 11) is 1.64. The van der Waals surface area contributed by atoms with Crippen molar-refractivity contribution >= 4 is 11.8 Å². The number of nitrogens with zero attached hydrogens (tertiary/aromatic N) is 1. The number of hydrogen-bond acceptors (Lipinski definition) is 3. The van der Waals surface area contributed by atoms with Gasteiger partial charge in [-0.1, -0.05) is 12.1 Å². The van der Waals surface area contributed by atoms with Gasteiger partial charge in [-0.3, -0.25) is 9.59 Å². The second-order valence-electron chi connectivity index (χ2n) is 5.71. The van der Waals surface area contributed by atoms with Gasteiger partial charge in [0, 0.05) is 32.5 Å². The highest BCUT2D eigenvalue weighted by Crippen LogP contribution is 2.16. The molecule has 120 valence electrons. The van der Waals surface area contributed by atoms with Crippen LogP contribution in [-0.4, -0.2) is 43.0 Å². The number of methoxy groups -OCH3 is 1. The minimum Gasteiger partial charge on any atom is -0.497 e. The van der Waals surface area contributed by atoms with E-state index in [4.69, 9.17) is 4.74 Å². The molecule has 2 rings (SSSR count). The third-order valence-electron chi connectivity index (χ3n) is 4.02. The number of benzene rings is 1. The number of likely N-dealkylation sites (tertiary alicyclic amines) is 1. The lowest BCUT2D eigenvalue weighted by Gasteiger charge is -2.32. The van der Waals surface area contributed by atoms with Crippen LogP contribution in [0.15, 0.2) is 24.3 Å². The van der Waals surface area contributed by atoms with Crippen LogP contribution in [0.1, 0.15) is 31.7 Å². The van der Waals surface area contributed by atoms with Gasteiger partial charge in [0.1, 0.15) is 5.75 Å². The molecule has 22 heavy (non-hydrogen) atoms. The molecule has 0 saturated carbocycles. The molecule has 1 fully saturated rings. The molecule has 1 N–H and O–H groups in total. The van der Waals surface area contributed by atoms with Gasteiger partial charge >= 0.3 is 0 Å². The third kappa shape index (κ3) is 4.76. The molecule has 2 amide bonds. The summed E-state index contributed by atoms with van der Waals surface area (Å²) in [6.45, 7) is 2.98. The summed E-state index contributed by atoms with van der Waals surface area (Å²) in [6, 6.07) is 8.03. The molecule has 0 aliphatic carbocycles. The quantitative estimate of drug-likeness (QED) is 0.901. The van der Waals surface area contributed by atoms with Crippen molar-refractivity contribution in [2.45, 2.75) is 38.6 Å². The number of carbonyl (C=O) groups is 2. The van der Waals surface area contributed by atoms with Gasteiger partial charge in [0.15, 0.2) is 0 Å². The summed E-state index contributed by atoms with van der Waals surface area (Å²) >= 11 is 0. The van der Waals surface area contributed by atoms with Gasteiger partial charge in [0.2, 0.25) is 11.8 Å². The fourth-order valence-electron chi connectivity index (χ4n) is 2.80. The number of carbonyl (C=O) groups excluding carboxylic acids is 2. The zero-order valence-corrected chi connectivity index (χ0v) is 13.3. The van der Waals surface area contributed by atoms with Gasteiger partial charge in [-0.15, -0.1) is 0 Å². The zero-order valence-electron chi connectivity index (χ0n) is 13.3. The van der Waals surface area contributed by atoms with Crippen molar-refractivity contribution in [1.82, 2.24) is 10.2 Å². The molecular weight excluding hydrogens is 280 g/mol. The number of rotatable bonds is 5. The second kappa shape index (κ2) is 7.82. The fourth-order valence-corrected chi connectivity index (χ4v) is 2.80. The highest BCUT2D eigenvalue weighted by Gasteiger charge is 2.22. The first-order valence-corrected chi connectivity index (χ1v) is 7.76. The number of hydrogen-bond donors (Lipinski definition) is 1. The van der Waals surface area contributed by atoms with E-state index in [9.17, 15) is 9.59 Å². The predicted octanol–water partition coefficient (Wildman–Crippen LogP) is 1.75. The van der Waals surface area contributed by atoms with Gasteiger partial charge in [-0.05, 0) is 37.0 Å². The van der Waals surface area contributed by atoms with Crippen LogP contribution >= 0.6 is 0 Å². The molecule has 1 aliphatic heterocycles. The van der Waals surface area contributed by atoms with Crippen LogP contribution in [0.5, 0.6) is 5.75 Å². The summed E-state index contributed by atoms with van der Waals surface area (Å²) in [4.78, 5) is 25.2. The number of amides is 2. The largest absolute Gasteiger partial charge is 0.497 e. The summed E-state index contributed by atoms with van der Waals surface area (Å²) in [5.41, 5.74) is 1.11. The molecule has 0 unspecified atom stereocenters. The van der Waals surface area contributed by atoms with Crippen LogP contribution in [0.3, 0.4) is 0 Å². The Morgan fingerprint density at radius 1 is 1.32 bits per heavy atom. The van der Waals surface area contributed by atoms with Gasteiger partial charge in [0.25, 0.3) is 0 Å².